The molecule has 0 aliphatic rings. The highest BCUT2D eigenvalue weighted by Gasteiger charge is 2.13. The minimum Gasteiger partial charge on any atom is -0.505 e. The lowest BCUT2D eigenvalue weighted by Crippen LogP contribution is -2.29. The molecule has 24 heavy (non-hydrogen) atoms. The molecule has 1 aromatic carbocycles. The molecule has 0 saturated carbocycles. The maximum absolute atomic E-state index is 11.7. The number of aromatic hydroxyl groups is 1. The number of carbonyl (C=O) groups excluding carboxylic acids is 1. The average molecular weight is 324 g/mol. The molecular formula is C18H16N2O4. The summed E-state index contributed by atoms with van der Waals surface area (Å²) in [5.41, 5.74) is 1.44. The molecule has 0 aliphatic carbocycles. The first-order valence-electron chi connectivity index (χ1n) is 7.28. The fourth-order valence-electron chi connectivity index (χ4n) is 1.95. The van der Waals surface area contributed by atoms with Crippen LogP contribution in [0.1, 0.15) is 28.0 Å². The summed E-state index contributed by atoms with van der Waals surface area (Å²) < 4.78 is 0. The predicted octanol–water partition coefficient (Wildman–Crippen LogP) is 1.59. The second kappa shape index (κ2) is 8.34. The van der Waals surface area contributed by atoms with Gasteiger partial charge in [0.05, 0.1) is 0 Å². The molecule has 122 valence electrons. The van der Waals surface area contributed by atoms with E-state index in [1.165, 1.54) is 17.8 Å². The Morgan fingerprint density at radius 1 is 1.21 bits per heavy atom. The van der Waals surface area contributed by atoms with E-state index >= 15 is 0 Å². The molecule has 0 bridgehead atoms. The molecule has 0 saturated heterocycles. The van der Waals surface area contributed by atoms with Crippen molar-refractivity contribution in [2.45, 2.75) is 12.8 Å². The van der Waals surface area contributed by atoms with Gasteiger partial charge in [-0.15, -0.1) is 0 Å². The van der Waals surface area contributed by atoms with Crippen molar-refractivity contribution in [3.8, 4) is 17.6 Å². The number of carbonyl (C=O) groups is 2. The lowest BCUT2D eigenvalue weighted by molar-refractivity contribution is -0.135. The van der Waals surface area contributed by atoms with Gasteiger partial charge < -0.3 is 15.5 Å². The van der Waals surface area contributed by atoms with Crippen molar-refractivity contribution in [2.24, 2.45) is 0 Å². The highest BCUT2D eigenvalue weighted by atomic mass is 16.4. The molecule has 0 atom stereocenters. The molecular weight excluding hydrogens is 308 g/mol. The van der Waals surface area contributed by atoms with Crippen LogP contribution in [-0.2, 0) is 11.2 Å². The van der Waals surface area contributed by atoms with E-state index in [0.717, 1.165) is 6.42 Å². The third kappa shape index (κ3) is 5.14. The number of rotatable bonds is 5. The lowest BCUT2D eigenvalue weighted by atomic mass is 10.1. The minimum atomic E-state index is -1.18. The van der Waals surface area contributed by atoms with Crippen LogP contribution in [0.3, 0.4) is 0 Å². The first kappa shape index (κ1) is 17.0. The normalized spacial score (nSPS) is 9.67. The lowest BCUT2D eigenvalue weighted by Gasteiger charge is -2.04. The molecule has 0 spiro atoms. The molecule has 0 unspecified atom stereocenters. The number of amides is 1. The molecule has 6 nitrogen and oxygen atoms in total. The zero-order valence-corrected chi connectivity index (χ0v) is 12.8. The van der Waals surface area contributed by atoms with Crippen LogP contribution < -0.4 is 5.32 Å². The number of carboxylic acids is 1. The first-order chi connectivity index (χ1) is 11.6. The molecule has 0 aliphatic heterocycles. The van der Waals surface area contributed by atoms with Gasteiger partial charge in [0.1, 0.15) is 12.3 Å². The number of nitrogens with zero attached hydrogens (tertiary/aromatic N) is 1. The summed E-state index contributed by atoms with van der Waals surface area (Å²) in [5.74, 6) is 3.59. The summed E-state index contributed by atoms with van der Waals surface area (Å²) >= 11 is 0. The number of aromatic nitrogens is 1. The molecule has 1 aromatic heterocycles. The number of pyridine rings is 1. The van der Waals surface area contributed by atoms with Gasteiger partial charge in [-0.2, -0.15) is 0 Å². The zero-order chi connectivity index (χ0) is 17.4. The molecule has 0 fully saturated rings. The highest BCUT2D eigenvalue weighted by Crippen LogP contribution is 2.15. The van der Waals surface area contributed by atoms with Crippen LogP contribution in [0.15, 0.2) is 42.6 Å². The second-order valence-electron chi connectivity index (χ2n) is 4.96. The van der Waals surface area contributed by atoms with Gasteiger partial charge in [-0.3, -0.25) is 9.59 Å². The molecule has 3 N–H and O–H groups in total. The molecule has 6 heteroatoms. The van der Waals surface area contributed by atoms with Crippen molar-refractivity contribution in [2.75, 3.05) is 6.54 Å². The second-order valence-corrected chi connectivity index (χ2v) is 4.96. The Labute approximate surface area is 139 Å². The van der Waals surface area contributed by atoms with Crippen molar-refractivity contribution in [3.05, 3.63) is 59.4 Å². The number of aliphatic carboxylic acids is 1. The van der Waals surface area contributed by atoms with Gasteiger partial charge in [-0.05, 0) is 18.1 Å². The largest absolute Gasteiger partial charge is 0.505 e. The average Bonchev–Trinajstić information content (AvgIpc) is 2.57. The third-order valence-corrected chi connectivity index (χ3v) is 3.10. The van der Waals surface area contributed by atoms with E-state index in [-0.39, 0.29) is 11.4 Å². The first-order valence-corrected chi connectivity index (χ1v) is 7.28. The Kier molecular flexibility index (Phi) is 5.92. The van der Waals surface area contributed by atoms with E-state index in [2.05, 4.69) is 22.1 Å². The van der Waals surface area contributed by atoms with Crippen molar-refractivity contribution in [3.63, 3.8) is 0 Å². The van der Waals surface area contributed by atoms with Gasteiger partial charge in [-0.25, -0.2) is 4.98 Å². The molecule has 2 rings (SSSR count). The monoisotopic (exact) mass is 324 g/mol. The molecule has 1 amide bonds. The Balaban J connectivity index is 1.96. The van der Waals surface area contributed by atoms with Crippen molar-refractivity contribution < 1.29 is 19.8 Å². The fourth-order valence-corrected chi connectivity index (χ4v) is 1.95. The van der Waals surface area contributed by atoms with E-state index in [9.17, 15) is 14.7 Å². The number of hydrogen-bond donors (Lipinski definition) is 3. The Morgan fingerprint density at radius 2 is 1.96 bits per heavy atom. The van der Waals surface area contributed by atoms with Gasteiger partial charge in [0.2, 0.25) is 0 Å². The molecule has 0 radical (unpaired) electrons. The summed E-state index contributed by atoms with van der Waals surface area (Å²) in [6.07, 6.45) is 2.85. The van der Waals surface area contributed by atoms with E-state index in [0.29, 0.717) is 12.0 Å². The number of hydrogen-bond acceptors (Lipinski definition) is 4. The summed E-state index contributed by atoms with van der Waals surface area (Å²) in [5, 5.41) is 20.5. The van der Waals surface area contributed by atoms with Crippen molar-refractivity contribution >= 4 is 11.9 Å². The van der Waals surface area contributed by atoms with Crippen LogP contribution >= 0.6 is 0 Å². The van der Waals surface area contributed by atoms with Gasteiger partial charge >= 0.3 is 5.97 Å². The van der Waals surface area contributed by atoms with Crippen LogP contribution in [0.5, 0.6) is 5.75 Å². The summed E-state index contributed by atoms with van der Waals surface area (Å²) in [7, 11) is 0. The number of nitrogens with one attached hydrogen (secondary N) is 1. The van der Waals surface area contributed by atoms with Crippen LogP contribution in [0.4, 0.5) is 0 Å². The van der Waals surface area contributed by atoms with Gasteiger partial charge in [0.25, 0.3) is 5.91 Å². The van der Waals surface area contributed by atoms with Gasteiger partial charge in [-0.1, -0.05) is 42.2 Å². The van der Waals surface area contributed by atoms with Crippen LogP contribution in [0.2, 0.25) is 0 Å². The minimum absolute atomic E-state index is 0.230. The topological polar surface area (TPSA) is 99.5 Å². The summed E-state index contributed by atoms with van der Waals surface area (Å²) in [6.45, 7) is -0.541. The quantitative estimate of drug-likeness (QED) is 0.725. The third-order valence-electron chi connectivity index (χ3n) is 3.10. The number of carboxylic acid groups (broad SMARTS) is 1. The van der Waals surface area contributed by atoms with Gasteiger partial charge in [0, 0.05) is 18.2 Å². The standard InChI is InChI=1S/C18H16N2O4/c21-15-10-14(9-5-4-8-13-6-2-1-3-7-13)11-19-17(15)18(24)20-12-16(22)23/h1-3,6-7,10-11,21H,4,8,12H2,(H,20,24)(H,22,23). The van der Waals surface area contributed by atoms with E-state index in [1.807, 2.05) is 30.3 Å². The molecule has 2 aromatic rings. The smallest absolute Gasteiger partial charge is 0.322 e. The SMILES string of the molecule is O=C(O)CNC(=O)c1ncc(C#CCCc2ccccc2)cc1O. The zero-order valence-electron chi connectivity index (χ0n) is 12.8. The highest BCUT2D eigenvalue weighted by molar-refractivity contribution is 5.96. The Hall–Kier alpha value is -3.33. The predicted molar refractivity (Wildman–Crippen MR) is 87.5 cm³/mol. The fraction of sp³-hybridized carbons (Fsp3) is 0.167. The molecule has 1 heterocycles. The van der Waals surface area contributed by atoms with Crippen LogP contribution in [0.25, 0.3) is 0 Å². The number of aryl methyl sites for hydroxylation is 1. The maximum Gasteiger partial charge on any atom is 0.322 e. The van der Waals surface area contributed by atoms with E-state index in [1.54, 1.807) is 0 Å². The van der Waals surface area contributed by atoms with Crippen molar-refractivity contribution in [1.82, 2.24) is 10.3 Å². The Morgan fingerprint density at radius 3 is 2.62 bits per heavy atom. The van der Waals surface area contributed by atoms with E-state index < -0.39 is 18.4 Å². The Bertz CT molecular complexity index is 792. The summed E-state index contributed by atoms with van der Waals surface area (Å²) in [6, 6.07) is 11.3. The summed E-state index contributed by atoms with van der Waals surface area (Å²) in [4.78, 5) is 25.9. The maximum atomic E-state index is 11.7. The van der Waals surface area contributed by atoms with Crippen LogP contribution in [-0.4, -0.2) is 33.6 Å². The van der Waals surface area contributed by atoms with E-state index in [4.69, 9.17) is 5.11 Å². The number of benzene rings is 1. The van der Waals surface area contributed by atoms with Crippen LogP contribution in [0, 0.1) is 11.8 Å². The van der Waals surface area contributed by atoms with Crippen molar-refractivity contribution in [1.29, 1.82) is 0 Å². The van der Waals surface area contributed by atoms with Gasteiger partial charge in [0.15, 0.2) is 5.69 Å².